The Morgan fingerprint density at radius 2 is 1.91 bits per heavy atom. The first-order chi connectivity index (χ1) is 4.91. The Hall–Kier alpha value is -0.795. The van der Waals surface area contributed by atoms with Gasteiger partial charge in [0.2, 0.25) is 0 Å². The Morgan fingerprint density at radius 1 is 1.36 bits per heavy atom. The first-order valence-electron chi connectivity index (χ1n) is 3.73. The SMILES string of the molecule is CC(C)(C)N1CC(=O)BC1=O. The third-order valence-electron chi connectivity index (χ3n) is 1.79. The molecule has 0 radical (unpaired) electrons. The molecule has 0 aliphatic carbocycles. The van der Waals surface area contributed by atoms with Crippen molar-refractivity contribution in [2.45, 2.75) is 26.3 Å². The summed E-state index contributed by atoms with van der Waals surface area (Å²) in [5.41, 5.74) is -0.173. The van der Waals surface area contributed by atoms with Crippen molar-refractivity contribution in [3.05, 3.63) is 0 Å². The maximum Gasteiger partial charge on any atom is 0.315 e. The highest BCUT2D eigenvalue weighted by Gasteiger charge is 2.35. The minimum absolute atomic E-state index is 0.0323. The molecule has 0 bridgehead atoms. The van der Waals surface area contributed by atoms with Crippen LogP contribution in [-0.2, 0) is 4.79 Å². The van der Waals surface area contributed by atoms with E-state index in [-0.39, 0.29) is 24.3 Å². The number of carbonyl (C=O) groups excluding carboxylic acids is 2. The highest BCUT2D eigenvalue weighted by atomic mass is 16.2. The van der Waals surface area contributed by atoms with Crippen LogP contribution in [0, 0.1) is 0 Å². The van der Waals surface area contributed by atoms with Crippen molar-refractivity contribution in [3.63, 3.8) is 0 Å². The molecule has 3 nitrogen and oxygen atoms in total. The summed E-state index contributed by atoms with van der Waals surface area (Å²) in [6.07, 6.45) is 0. The van der Waals surface area contributed by atoms with Crippen LogP contribution in [0.4, 0.5) is 4.79 Å². The van der Waals surface area contributed by atoms with Crippen LogP contribution in [0.1, 0.15) is 20.8 Å². The van der Waals surface area contributed by atoms with Crippen molar-refractivity contribution in [2.75, 3.05) is 6.54 Å². The number of rotatable bonds is 0. The van der Waals surface area contributed by atoms with E-state index in [4.69, 9.17) is 0 Å². The lowest BCUT2D eigenvalue weighted by molar-refractivity contribution is -0.112. The second kappa shape index (κ2) is 2.36. The van der Waals surface area contributed by atoms with Crippen molar-refractivity contribution in [1.82, 2.24) is 4.90 Å². The lowest BCUT2D eigenvalue weighted by Crippen LogP contribution is -2.42. The molecule has 0 aromatic rings. The molecule has 1 fully saturated rings. The fourth-order valence-corrected chi connectivity index (χ4v) is 1.20. The highest BCUT2D eigenvalue weighted by Crippen LogP contribution is 2.16. The Kier molecular flexibility index (Phi) is 1.78. The van der Waals surface area contributed by atoms with E-state index >= 15 is 0 Å². The molecular weight excluding hydrogens is 141 g/mol. The Bertz CT molecular complexity index is 207. The van der Waals surface area contributed by atoms with Gasteiger partial charge in [0, 0.05) is 5.54 Å². The van der Waals surface area contributed by atoms with Crippen molar-refractivity contribution in [3.8, 4) is 0 Å². The van der Waals surface area contributed by atoms with Gasteiger partial charge < -0.3 is 9.69 Å². The normalized spacial score (nSPS) is 19.0. The number of hydrogen-bond acceptors (Lipinski definition) is 2. The molecule has 1 heterocycles. The van der Waals surface area contributed by atoms with Crippen LogP contribution in [0.5, 0.6) is 0 Å². The molecule has 0 saturated carbocycles. The first-order valence-corrected chi connectivity index (χ1v) is 3.73. The standard InChI is InChI=1S/C7H12BNO2/c1-7(2,3)9-4-5(10)8-6(9)11/h8H,4H2,1-3H3. The Morgan fingerprint density at radius 3 is 2.09 bits per heavy atom. The van der Waals surface area contributed by atoms with Gasteiger partial charge in [-0.25, -0.2) is 0 Å². The van der Waals surface area contributed by atoms with Crippen molar-refractivity contribution in [2.24, 2.45) is 0 Å². The second-order valence-electron chi connectivity index (χ2n) is 3.87. The Labute approximate surface area is 67.0 Å². The zero-order chi connectivity index (χ0) is 8.65. The zero-order valence-corrected chi connectivity index (χ0v) is 7.18. The third-order valence-corrected chi connectivity index (χ3v) is 1.79. The van der Waals surface area contributed by atoms with E-state index in [1.807, 2.05) is 20.8 Å². The smallest absolute Gasteiger partial charge is 0.315 e. The maximum absolute atomic E-state index is 11.1. The number of nitrogens with zero attached hydrogens (tertiary/aromatic N) is 1. The summed E-state index contributed by atoms with van der Waals surface area (Å²) in [4.78, 5) is 23.6. The average molecular weight is 153 g/mol. The summed E-state index contributed by atoms with van der Waals surface area (Å²) in [5, 5.41) is 0. The summed E-state index contributed by atoms with van der Waals surface area (Å²) in [7, 11) is 0.0945. The molecule has 4 heteroatoms. The first kappa shape index (κ1) is 8.30. The molecule has 0 aromatic carbocycles. The van der Waals surface area contributed by atoms with Crippen molar-refractivity contribution in [1.29, 1.82) is 0 Å². The van der Waals surface area contributed by atoms with Gasteiger partial charge in [-0.15, -0.1) is 0 Å². The summed E-state index contributed by atoms with van der Waals surface area (Å²) < 4.78 is 0. The largest absolute Gasteiger partial charge is 0.340 e. The molecule has 1 aliphatic heterocycles. The van der Waals surface area contributed by atoms with Crippen molar-refractivity contribution >= 4 is 18.8 Å². The molecule has 11 heavy (non-hydrogen) atoms. The molecule has 1 rings (SSSR count). The van der Waals surface area contributed by atoms with Gasteiger partial charge in [-0.3, -0.25) is 4.79 Å². The van der Waals surface area contributed by atoms with E-state index in [1.54, 1.807) is 4.90 Å². The highest BCUT2D eigenvalue weighted by molar-refractivity contribution is 6.99. The van der Waals surface area contributed by atoms with Gasteiger partial charge in [0.05, 0.1) is 6.54 Å². The fourth-order valence-electron chi connectivity index (χ4n) is 1.20. The fraction of sp³-hybridized carbons (Fsp3) is 0.714. The van der Waals surface area contributed by atoms with Crippen LogP contribution in [0.2, 0.25) is 0 Å². The average Bonchev–Trinajstić information content (AvgIpc) is 2.08. The van der Waals surface area contributed by atoms with Gasteiger partial charge >= 0.3 is 7.28 Å². The van der Waals surface area contributed by atoms with E-state index in [0.717, 1.165) is 0 Å². The molecule has 1 saturated heterocycles. The number of amides is 1. The molecule has 0 spiro atoms. The molecule has 0 atom stereocenters. The predicted molar refractivity (Wildman–Crippen MR) is 44.0 cm³/mol. The topological polar surface area (TPSA) is 37.4 Å². The predicted octanol–water partition coefficient (Wildman–Crippen LogP) is 0.184. The van der Waals surface area contributed by atoms with Gasteiger partial charge in [-0.1, -0.05) is 0 Å². The van der Waals surface area contributed by atoms with Gasteiger partial charge in [-0.2, -0.15) is 0 Å². The summed E-state index contributed by atoms with van der Waals surface area (Å²) in [6, 6.07) is 0. The van der Waals surface area contributed by atoms with E-state index in [9.17, 15) is 9.59 Å². The molecule has 1 amide bonds. The van der Waals surface area contributed by atoms with Gasteiger partial charge in [-0.05, 0) is 20.8 Å². The monoisotopic (exact) mass is 153 g/mol. The van der Waals surface area contributed by atoms with Crippen LogP contribution in [-0.4, -0.2) is 35.8 Å². The zero-order valence-electron chi connectivity index (χ0n) is 7.18. The second-order valence-corrected chi connectivity index (χ2v) is 3.87. The Balaban J connectivity index is 2.76. The quantitative estimate of drug-likeness (QED) is 0.465. The number of hydrogen-bond donors (Lipinski definition) is 0. The number of carbonyl (C=O) groups is 2. The van der Waals surface area contributed by atoms with E-state index in [2.05, 4.69) is 0 Å². The van der Waals surface area contributed by atoms with E-state index in [0.29, 0.717) is 6.54 Å². The molecule has 0 N–H and O–H groups in total. The maximum atomic E-state index is 11.1. The van der Waals surface area contributed by atoms with Crippen LogP contribution < -0.4 is 0 Å². The van der Waals surface area contributed by atoms with E-state index < -0.39 is 0 Å². The molecule has 60 valence electrons. The minimum Gasteiger partial charge on any atom is -0.340 e. The van der Waals surface area contributed by atoms with Crippen LogP contribution >= 0.6 is 0 Å². The van der Waals surface area contributed by atoms with Gasteiger partial charge in [0.25, 0.3) is 0 Å². The molecule has 0 unspecified atom stereocenters. The van der Waals surface area contributed by atoms with E-state index in [1.165, 1.54) is 0 Å². The van der Waals surface area contributed by atoms with Crippen molar-refractivity contribution < 1.29 is 9.59 Å². The summed E-state index contributed by atoms with van der Waals surface area (Å²) in [6.45, 7) is 6.10. The van der Waals surface area contributed by atoms with Crippen LogP contribution in [0.15, 0.2) is 0 Å². The van der Waals surface area contributed by atoms with Crippen LogP contribution in [0.3, 0.4) is 0 Å². The lowest BCUT2D eigenvalue weighted by atomic mass is 9.76. The summed E-state index contributed by atoms with van der Waals surface area (Å²) in [5.74, 6) is -0.0394. The third kappa shape index (κ3) is 1.61. The molecule has 0 aromatic heterocycles. The van der Waals surface area contributed by atoms with Crippen LogP contribution in [0.25, 0.3) is 0 Å². The molecular formula is C7H12BNO2. The summed E-state index contributed by atoms with van der Waals surface area (Å²) >= 11 is 0. The van der Waals surface area contributed by atoms with Gasteiger partial charge in [0.15, 0.2) is 5.81 Å². The van der Waals surface area contributed by atoms with Gasteiger partial charge in [0.1, 0.15) is 5.68 Å². The lowest BCUT2D eigenvalue weighted by Gasteiger charge is -2.31. The molecule has 1 aliphatic rings. The minimum atomic E-state index is -0.205.